The maximum atomic E-state index is 12.5. The van der Waals surface area contributed by atoms with E-state index in [1.807, 2.05) is 39.0 Å². The molecule has 24 heavy (non-hydrogen) atoms. The molecule has 2 aromatic carbocycles. The van der Waals surface area contributed by atoms with Crippen LogP contribution in [0.25, 0.3) is 0 Å². The summed E-state index contributed by atoms with van der Waals surface area (Å²) in [6.45, 7) is 6.14. The number of carbonyl (C=O) groups is 1. The molecule has 1 aliphatic rings. The van der Waals surface area contributed by atoms with Crippen LogP contribution < -0.4 is 19.5 Å². The number of benzene rings is 2. The molecule has 0 spiro atoms. The van der Waals surface area contributed by atoms with Crippen LogP contribution in [0.5, 0.6) is 17.2 Å². The lowest BCUT2D eigenvalue weighted by molar-refractivity contribution is -0.122. The van der Waals surface area contributed by atoms with Gasteiger partial charge in [-0.1, -0.05) is 24.6 Å². The number of nitrogens with one attached hydrogen (secondary N) is 1. The lowest BCUT2D eigenvalue weighted by atomic mass is 10.1. The Bertz CT molecular complexity index is 757. The van der Waals surface area contributed by atoms with Crippen LogP contribution in [0.1, 0.15) is 24.5 Å². The van der Waals surface area contributed by atoms with Crippen LogP contribution in [0.3, 0.4) is 0 Å². The molecule has 1 N–H and O–H groups in total. The maximum Gasteiger partial charge on any atom is 0.265 e. The zero-order valence-corrected chi connectivity index (χ0v) is 14.1. The van der Waals surface area contributed by atoms with Gasteiger partial charge in [-0.25, -0.2) is 0 Å². The van der Waals surface area contributed by atoms with Gasteiger partial charge in [0.15, 0.2) is 17.6 Å². The zero-order chi connectivity index (χ0) is 17.1. The number of hydrogen-bond acceptors (Lipinski definition) is 4. The lowest BCUT2D eigenvalue weighted by Crippen LogP contribution is -2.32. The van der Waals surface area contributed by atoms with Gasteiger partial charge >= 0.3 is 0 Å². The van der Waals surface area contributed by atoms with E-state index in [2.05, 4.69) is 5.32 Å². The molecular weight excluding hydrogens is 306 g/mol. The molecule has 0 bridgehead atoms. The lowest BCUT2D eigenvalue weighted by Gasteiger charge is -2.19. The second kappa shape index (κ2) is 6.83. The molecule has 0 unspecified atom stereocenters. The van der Waals surface area contributed by atoms with Crippen molar-refractivity contribution in [1.82, 2.24) is 0 Å². The highest BCUT2D eigenvalue weighted by Gasteiger charge is 2.21. The Hall–Kier alpha value is -2.69. The number of aryl methyl sites for hydroxylation is 2. The predicted molar refractivity (Wildman–Crippen MR) is 91.8 cm³/mol. The van der Waals surface area contributed by atoms with Crippen LogP contribution in [0.15, 0.2) is 36.4 Å². The van der Waals surface area contributed by atoms with Gasteiger partial charge in [0, 0.05) is 11.8 Å². The first-order valence-corrected chi connectivity index (χ1v) is 8.01. The molecular formula is C19H21NO4. The molecule has 0 aliphatic carbocycles. The second-order valence-corrected chi connectivity index (χ2v) is 5.84. The van der Waals surface area contributed by atoms with Crippen molar-refractivity contribution in [3.05, 3.63) is 47.5 Å². The first kappa shape index (κ1) is 16.2. The van der Waals surface area contributed by atoms with Crippen LogP contribution in [-0.2, 0) is 4.79 Å². The summed E-state index contributed by atoms with van der Waals surface area (Å²) < 4.78 is 16.5. The molecule has 1 aliphatic heterocycles. The smallest absolute Gasteiger partial charge is 0.265 e. The number of amides is 1. The minimum atomic E-state index is -0.558. The molecule has 126 valence electrons. The van der Waals surface area contributed by atoms with E-state index in [4.69, 9.17) is 14.2 Å². The summed E-state index contributed by atoms with van der Waals surface area (Å²) in [5.41, 5.74) is 2.84. The van der Waals surface area contributed by atoms with Gasteiger partial charge < -0.3 is 19.5 Å². The summed E-state index contributed by atoms with van der Waals surface area (Å²) in [7, 11) is 0. The van der Waals surface area contributed by atoms with Crippen molar-refractivity contribution in [3.63, 3.8) is 0 Å². The van der Waals surface area contributed by atoms with Gasteiger partial charge in [-0.15, -0.1) is 0 Å². The van der Waals surface area contributed by atoms with Crippen LogP contribution in [0, 0.1) is 13.8 Å². The fraction of sp³-hybridized carbons (Fsp3) is 0.316. The Morgan fingerprint density at radius 1 is 1.17 bits per heavy atom. The standard InChI is InChI=1S/C19H21NO4/c1-4-15(24-16-7-5-12(2)9-13(16)3)19(21)20-14-6-8-17-18(10-14)23-11-22-17/h5-10,15H,4,11H2,1-3H3,(H,20,21)/t15-/m1/s1. The van der Waals surface area contributed by atoms with E-state index in [-0.39, 0.29) is 12.7 Å². The fourth-order valence-corrected chi connectivity index (χ4v) is 2.60. The van der Waals surface area contributed by atoms with Crippen LogP contribution in [-0.4, -0.2) is 18.8 Å². The summed E-state index contributed by atoms with van der Waals surface area (Å²) in [6.07, 6.45) is 0.0146. The highest BCUT2D eigenvalue weighted by atomic mass is 16.7. The fourth-order valence-electron chi connectivity index (χ4n) is 2.60. The van der Waals surface area contributed by atoms with Gasteiger partial charge in [0.05, 0.1) is 0 Å². The van der Waals surface area contributed by atoms with Crippen molar-refractivity contribution in [1.29, 1.82) is 0 Å². The number of fused-ring (bicyclic) bond motifs is 1. The minimum absolute atomic E-state index is 0.184. The van der Waals surface area contributed by atoms with Gasteiger partial charge in [-0.3, -0.25) is 4.79 Å². The van der Waals surface area contributed by atoms with Crippen molar-refractivity contribution in [2.24, 2.45) is 0 Å². The summed E-state index contributed by atoms with van der Waals surface area (Å²) in [5.74, 6) is 1.87. The number of anilines is 1. The largest absolute Gasteiger partial charge is 0.480 e. The molecule has 5 nitrogen and oxygen atoms in total. The van der Waals surface area contributed by atoms with Crippen molar-refractivity contribution >= 4 is 11.6 Å². The molecule has 5 heteroatoms. The normalized spacial score (nSPS) is 13.5. The van der Waals surface area contributed by atoms with Crippen molar-refractivity contribution < 1.29 is 19.0 Å². The number of hydrogen-bond donors (Lipinski definition) is 1. The average Bonchev–Trinajstić information content (AvgIpc) is 3.01. The maximum absolute atomic E-state index is 12.5. The van der Waals surface area contributed by atoms with Gasteiger partial charge in [-0.2, -0.15) is 0 Å². The third-order valence-corrected chi connectivity index (χ3v) is 3.90. The van der Waals surface area contributed by atoms with E-state index in [1.165, 1.54) is 0 Å². The Kier molecular flexibility index (Phi) is 4.60. The highest BCUT2D eigenvalue weighted by molar-refractivity contribution is 5.94. The Labute approximate surface area is 141 Å². The van der Waals surface area contributed by atoms with Gasteiger partial charge in [0.25, 0.3) is 5.91 Å². The first-order valence-electron chi connectivity index (χ1n) is 8.01. The number of rotatable bonds is 5. The topological polar surface area (TPSA) is 56.8 Å². The quantitative estimate of drug-likeness (QED) is 0.907. The van der Waals surface area contributed by atoms with Gasteiger partial charge in [-0.05, 0) is 44.0 Å². The van der Waals surface area contributed by atoms with E-state index in [1.54, 1.807) is 18.2 Å². The van der Waals surface area contributed by atoms with Gasteiger partial charge in [0.2, 0.25) is 6.79 Å². The number of carbonyl (C=O) groups excluding carboxylic acids is 1. The van der Waals surface area contributed by atoms with Gasteiger partial charge in [0.1, 0.15) is 5.75 Å². The first-order chi connectivity index (χ1) is 11.6. The summed E-state index contributed by atoms with van der Waals surface area (Å²) in [6, 6.07) is 11.2. The Balaban J connectivity index is 1.70. The molecule has 0 saturated heterocycles. The summed E-state index contributed by atoms with van der Waals surface area (Å²) in [4.78, 5) is 12.5. The Morgan fingerprint density at radius 3 is 2.71 bits per heavy atom. The van der Waals surface area contributed by atoms with E-state index in [9.17, 15) is 4.79 Å². The number of ether oxygens (including phenoxy) is 3. The SMILES string of the molecule is CC[C@@H](Oc1ccc(C)cc1C)C(=O)Nc1ccc2c(c1)OCO2. The van der Waals surface area contributed by atoms with Crippen molar-refractivity contribution in [2.45, 2.75) is 33.3 Å². The molecule has 3 rings (SSSR count). The molecule has 0 aromatic heterocycles. The monoisotopic (exact) mass is 327 g/mol. The van der Waals surface area contributed by atoms with E-state index >= 15 is 0 Å². The molecule has 1 amide bonds. The third kappa shape index (κ3) is 3.45. The van der Waals surface area contributed by atoms with E-state index < -0.39 is 6.10 Å². The van der Waals surface area contributed by atoms with Crippen molar-refractivity contribution in [2.75, 3.05) is 12.1 Å². The van der Waals surface area contributed by atoms with E-state index in [0.29, 0.717) is 23.6 Å². The van der Waals surface area contributed by atoms with Crippen LogP contribution in [0.4, 0.5) is 5.69 Å². The van der Waals surface area contributed by atoms with Crippen LogP contribution >= 0.6 is 0 Å². The predicted octanol–water partition coefficient (Wildman–Crippen LogP) is 3.83. The average molecular weight is 327 g/mol. The van der Waals surface area contributed by atoms with E-state index in [0.717, 1.165) is 16.9 Å². The summed E-state index contributed by atoms with van der Waals surface area (Å²) in [5, 5.41) is 2.87. The molecule has 2 aromatic rings. The zero-order valence-electron chi connectivity index (χ0n) is 14.1. The molecule has 0 radical (unpaired) electrons. The van der Waals surface area contributed by atoms with Crippen LogP contribution in [0.2, 0.25) is 0 Å². The Morgan fingerprint density at radius 2 is 1.96 bits per heavy atom. The molecule has 0 fully saturated rings. The summed E-state index contributed by atoms with van der Waals surface area (Å²) >= 11 is 0. The molecule has 1 heterocycles. The minimum Gasteiger partial charge on any atom is -0.480 e. The highest BCUT2D eigenvalue weighted by Crippen LogP contribution is 2.34. The molecule has 1 atom stereocenters. The third-order valence-electron chi connectivity index (χ3n) is 3.90. The van der Waals surface area contributed by atoms with Crippen molar-refractivity contribution in [3.8, 4) is 17.2 Å². The second-order valence-electron chi connectivity index (χ2n) is 5.84. The molecule has 0 saturated carbocycles.